The fraction of sp³-hybridized carbons (Fsp3) is 0.357. The van der Waals surface area contributed by atoms with Gasteiger partial charge in [-0.15, -0.1) is 0 Å². The number of hydrogen-bond acceptors (Lipinski definition) is 2. The molecule has 0 atom stereocenters. The second-order valence-electron chi connectivity index (χ2n) is 4.15. The van der Waals surface area contributed by atoms with E-state index in [0.29, 0.717) is 0 Å². The molecule has 90 valence electrons. The van der Waals surface area contributed by atoms with Crippen molar-refractivity contribution < 1.29 is 0 Å². The molecule has 3 heteroatoms. The lowest BCUT2D eigenvalue weighted by atomic mass is 10.1. The first-order valence-corrected chi connectivity index (χ1v) is 6.10. The Kier molecular flexibility index (Phi) is 3.81. The molecular weight excluding hydrogens is 210 g/mol. The summed E-state index contributed by atoms with van der Waals surface area (Å²) >= 11 is 0. The van der Waals surface area contributed by atoms with E-state index >= 15 is 0 Å². The van der Waals surface area contributed by atoms with Gasteiger partial charge in [-0.1, -0.05) is 19.1 Å². The van der Waals surface area contributed by atoms with E-state index in [4.69, 9.17) is 0 Å². The summed E-state index contributed by atoms with van der Waals surface area (Å²) in [5.74, 6) is 1.06. The molecule has 0 amide bonds. The zero-order chi connectivity index (χ0) is 12.1. The Morgan fingerprint density at radius 3 is 2.94 bits per heavy atom. The number of rotatable bonds is 5. The number of anilines is 1. The van der Waals surface area contributed by atoms with Crippen molar-refractivity contribution in [3.63, 3.8) is 0 Å². The molecule has 1 heterocycles. The van der Waals surface area contributed by atoms with Gasteiger partial charge in [0, 0.05) is 31.2 Å². The molecule has 0 fully saturated rings. The normalized spacial score (nSPS) is 10.5. The second kappa shape index (κ2) is 5.53. The van der Waals surface area contributed by atoms with Gasteiger partial charge in [0.15, 0.2) is 0 Å². The predicted octanol–water partition coefficient (Wildman–Crippen LogP) is 2.87. The molecule has 0 aliphatic heterocycles. The first kappa shape index (κ1) is 11.7. The highest BCUT2D eigenvalue weighted by molar-refractivity contribution is 5.45. The van der Waals surface area contributed by atoms with Gasteiger partial charge < -0.3 is 9.88 Å². The van der Waals surface area contributed by atoms with E-state index in [0.717, 1.165) is 25.3 Å². The standard InChI is InChI=1S/C14H19N3/c1-3-13-5-4-6-14(11-13)16-8-10-17-9-7-15-12(17)2/h4-7,9,11,16H,3,8,10H2,1-2H3. The molecule has 0 unspecified atom stereocenters. The maximum absolute atomic E-state index is 4.20. The van der Waals surface area contributed by atoms with Crippen molar-refractivity contribution in [2.24, 2.45) is 0 Å². The Labute approximate surface area is 103 Å². The van der Waals surface area contributed by atoms with Gasteiger partial charge in [-0.2, -0.15) is 0 Å². The van der Waals surface area contributed by atoms with Crippen LogP contribution >= 0.6 is 0 Å². The molecule has 17 heavy (non-hydrogen) atoms. The van der Waals surface area contributed by atoms with Crippen molar-refractivity contribution >= 4 is 5.69 Å². The second-order valence-corrected chi connectivity index (χ2v) is 4.15. The van der Waals surface area contributed by atoms with Gasteiger partial charge in [-0.25, -0.2) is 4.98 Å². The number of aryl methyl sites for hydroxylation is 2. The SMILES string of the molecule is CCc1cccc(NCCn2ccnc2C)c1. The summed E-state index contributed by atoms with van der Waals surface area (Å²) in [5, 5.41) is 3.44. The van der Waals surface area contributed by atoms with Gasteiger partial charge in [0.25, 0.3) is 0 Å². The van der Waals surface area contributed by atoms with E-state index in [1.54, 1.807) is 0 Å². The van der Waals surface area contributed by atoms with Crippen LogP contribution in [0.2, 0.25) is 0 Å². The van der Waals surface area contributed by atoms with Crippen molar-refractivity contribution in [3.05, 3.63) is 48.0 Å². The molecule has 0 saturated carbocycles. The van der Waals surface area contributed by atoms with Gasteiger partial charge in [-0.3, -0.25) is 0 Å². The summed E-state index contributed by atoms with van der Waals surface area (Å²) in [4.78, 5) is 4.20. The van der Waals surface area contributed by atoms with Crippen LogP contribution in [0.25, 0.3) is 0 Å². The predicted molar refractivity (Wildman–Crippen MR) is 71.3 cm³/mol. The third-order valence-electron chi connectivity index (χ3n) is 2.94. The number of imidazole rings is 1. The summed E-state index contributed by atoms with van der Waals surface area (Å²) in [6, 6.07) is 8.58. The third-order valence-corrected chi connectivity index (χ3v) is 2.94. The molecule has 0 bridgehead atoms. The molecule has 0 saturated heterocycles. The van der Waals surface area contributed by atoms with Crippen LogP contribution < -0.4 is 5.32 Å². The molecule has 3 nitrogen and oxygen atoms in total. The highest BCUT2D eigenvalue weighted by Crippen LogP contribution is 2.10. The number of nitrogens with zero attached hydrogens (tertiary/aromatic N) is 2. The van der Waals surface area contributed by atoms with E-state index in [-0.39, 0.29) is 0 Å². The van der Waals surface area contributed by atoms with Crippen LogP contribution in [0.4, 0.5) is 5.69 Å². The maximum Gasteiger partial charge on any atom is 0.105 e. The summed E-state index contributed by atoms with van der Waals surface area (Å²) < 4.78 is 2.15. The third kappa shape index (κ3) is 3.09. The van der Waals surface area contributed by atoms with Crippen molar-refractivity contribution in [2.45, 2.75) is 26.8 Å². The number of nitrogens with one attached hydrogen (secondary N) is 1. The molecule has 0 radical (unpaired) electrons. The van der Waals surface area contributed by atoms with Crippen molar-refractivity contribution in [1.29, 1.82) is 0 Å². The van der Waals surface area contributed by atoms with Gasteiger partial charge in [0.1, 0.15) is 5.82 Å². The fourth-order valence-corrected chi connectivity index (χ4v) is 1.86. The molecule has 1 N–H and O–H groups in total. The van der Waals surface area contributed by atoms with Crippen LogP contribution in [-0.4, -0.2) is 16.1 Å². The van der Waals surface area contributed by atoms with Gasteiger partial charge in [-0.05, 0) is 31.0 Å². The molecule has 1 aromatic heterocycles. The van der Waals surface area contributed by atoms with E-state index in [1.165, 1.54) is 11.3 Å². The number of aromatic nitrogens is 2. The van der Waals surface area contributed by atoms with Crippen LogP contribution in [0.3, 0.4) is 0 Å². The van der Waals surface area contributed by atoms with E-state index in [2.05, 4.69) is 46.1 Å². The van der Waals surface area contributed by atoms with Crippen molar-refractivity contribution in [1.82, 2.24) is 9.55 Å². The van der Waals surface area contributed by atoms with E-state index in [1.807, 2.05) is 19.3 Å². The minimum Gasteiger partial charge on any atom is -0.383 e. The Hall–Kier alpha value is -1.77. The molecule has 1 aromatic carbocycles. The highest BCUT2D eigenvalue weighted by atomic mass is 15.1. The Morgan fingerprint density at radius 2 is 2.24 bits per heavy atom. The minimum absolute atomic E-state index is 0.921. The minimum atomic E-state index is 0.921. The molecule has 0 aliphatic rings. The zero-order valence-electron chi connectivity index (χ0n) is 10.5. The van der Waals surface area contributed by atoms with Crippen LogP contribution in [-0.2, 0) is 13.0 Å². The summed E-state index contributed by atoms with van der Waals surface area (Å²) in [6.07, 6.45) is 4.93. The highest BCUT2D eigenvalue weighted by Gasteiger charge is 1.97. The molecular formula is C14H19N3. The summed E-state index contributed by atoms with van der Waals surface area (Å²) in [6.45, 7) is 6.07. The lowest BCUT2D eigenvalue weighted by Gasteiger charge is -2.09. The quantitative estimate of drug-likeness (QED) is 0.854. The van der Waals surface area contributed by atoms with Gasteiger partial charge >= 0.3 is 0 Å². The van der Waals surface area contributed by atoms with E-state index < -0.39 is 0 Å². The van der Waals surface area contributed by atoms with Crippen molar-refractivity contribution in [2.75, 3.05) is 11.9 Å². The fourth-order valence-electron chi connectivity index (χ4n) is 1.86. The molecule has 0 aliphatic carbocycles. The topological polar surface area (TPSA) is 29.9 Å². The monoisotopic (exact) mass is 229 g/mol. The van der Waals surface area contributed by atoms with E-state index in [9.17, 15) is 0 Å². The largest absolute Gasteiger partial charge is 0.383 e. The van der Waals surface area contributed by atoms with Crippen LogP contribution in [0.15, 0.2) is 36.7 Å². The number of hydrogen-bond donors (Lipinski definition) is 1. The number of benzene rings is 1. The Morgan fingerprint density at radius 1 is 1.35 bits per heavy atom. The Balaban J connectivity index is 1.87. The van der Waals surface area contributed by atoms with Crippen LogP contribution in [0.1, 0.15) is 18.3 Å². The lowest BCUT2D eigenvalue weighted by molar-refractivity contribution is 0.701. The van der Waals surface area contributed by atoms with Gasteiger partial charge in [0.2, 0.25) is 0 Å². The van der Waals surface area contributed by atoms with Crippen molar-refractivity contribution in [3.8, 4) is 0 Å². The molecule has 2 rings (SSSR count). The average Bonchev–Trinajstić information content (AvgIpc) is 2.76. The smallest absolute Gasteiger partial charge is 0.105 e. The summed E-state index contributed by atoms with van der Waals surface area (Å²) in [5.41, 5.74) is 2.57. The molecule has 2 aromatic rings. The zero-order valence-corrected chi connectivity index (χ0v) is 10.5. The summed E-state index contributed by atoms with van der Waals surface area (Å²) in [7, 11) is 0. The first-order valence-electron chi connectivity index (χ1n) is 6.10. The lowest BCUT2D eigenvalue weighted by Crippen LogP contribution is -2.11. The van der Waals surface area contributed by atoms with Crippen LogP contribution in [0.5, 0.6) is 0 Å². The van der Waals surface area contributed by atoms with Gasteiger partial charge in [0.05, 0.1) is 0 Å². The average molecular weight is 229 g/mol. The Bertz CT molecular complexity index is 474. The first-order chi connectivity index (χ1) is 8.29. The molecule has 0 spiro atoms. The van der Waals surface area contributed by atoms with Crippen LogP contribution in [0, 0.1) is 6.92 Å². The maximum atomic E-state index is 4.20.